The molecule has 3 heteroatoms. The van der Waals surface area contributed by atoms with Gasteiger partial charge in [0.25, 0.3) is 0 Å². The number of nitrogens with one attached hydrogen (secondary N) is 1. The summed E-state index contributed by atoms with van der Waals surface area (Å²) >= 11 is 0. The third-order valence-corrected chi connectivity index (χ3v) is 2.39. The van der Waals surface area contributed by atoms with E-state index in [4.69, 9.17) is 5.73 Å². The summed E-state index contributed by atoms with van der Waals surface area (Å²) in [5.74, 6) is -0.0493. The van der Waals surface area contributed by atoms with Crippen LogP contribution in [0.2, 0.25) is 0 Å². The number of hydrogen-bond donors (Lipinski definition) is 2. The molecule has 0 spiro atoms. The highest BCUT2D eigenvalue weighted by Gasteiger charge is 2.27. The first-order valence-corrected chi connectivity index (χ1v) is 5.57. The van der Waals surface area contributed by atoms with Gasteiger partial charge in [0.15, 0.2) is 0 Å². The zero-order valence-electron chi connectivity index (χ0n) is 11.0. The van der Waals surface area contributed by atoms with Gasteiger partial charge in [0, 0.05) is 6.54 Å². The molecule has 3 nitrogen and oxygen atoms in total. The van der Waals surface area contributed by atoms with Crippen LogP contribution in [-0.4, -0.2) is 18.5 Å². The second kappa shape index (κ2) is 4.97. The van der Waals surface area contributed by atoms with Gasteiger partial charge in [-0.25, -0.2) is 0 Å². The summed E-state index contributed by atoms with van der Waals surface area (Å²) in [5, 5.41) is 2.88. The van der Waals surface area contributed by atoms with Gasteiger partial charge in [-0.3, -0.25) is 4.79 Å². The Bertz CT molecular complexity index is 211. The number of carbonyl (C=O) groups is 1. The summed E-state index contributed by atoms with van der Waals surface area (Å²) < 4.78 is 0. The summed E-state index contributed by atoms with van der Waals surface area (Å²) in [5.41, 5.74) is 5.91. The molecular formula is C12H26N2O. The predicted molar refractivity (Wildman–Crippen MR) is 64.5 cm³/mol. The van der Waals surface area contributed by atoms with E-state index in [0.717, 1.165) is 6.42 Å². The zero-order chi connectivity index (χ0) is 12.3. The van der Waals surface area contributed by atoms with Crippen molar-refractivity contribution in [2.24, 2.45) is 16.6 Å². The Hall–Kier alpha value is -0.570. The number of nitrogens with two attached hydrogens (primary N) is 1. The van der Waals surface area contributed by atoms with Gasteiger partial charge in [0.05, 0.1) is 6.04 Å². The van der Waals surface area contributed by atoms with E-state index in [-0.39, 0.29) is 16.7 Å². The predicted octanol–water partition coefficient (Wildman–Crippen LogP) is 1.91. The van der Waals surface area contributed by atoms with E-state index in [9.17, 15) is 4.79 Å². The molecule has 90 valence electrons. The summed E-state index contributed by atoms with van der Waals surface area (Å²) in [7, 11) is 0. The lowest BCUT2D eigenvalue weighted by Crippen LogP contribution is -2.49. The van der Waals surface area contributed by atoms with Crippen molar-refractivity contribution < 1.29 is 4.79 Å². The lowest BCUT2D eigenvalue weighted by atomic mass is 9.86. The van der Waals surface area contributed by atoms with E-state index < -0.39 is 6.04 Å². The van der Waals surface area contributed by atoms with Crippen LogP contribution in [0.1, 0.15) is 48.0 Å². The number of amides is 1. The molecule has 0 aromatic carbocycles. The fourth-order valence-corrected chi connectivity index (χ4v) is 1.06. The minimum absolute atomic E-state index is 0.0493. The van der Waals surface area contributed by atoms with Crippen LogP contribution in [0.3, 0.4) is 0 Å². The Kier molecular flexibility index (Phi) is 4.78. The van der Waals surface area contributed by atoms with Gasteiger partial charge in [0.1, 0.15) is 0 Å². The van der Waals surface area contributed by atoms with Gasteiger partial charge in [-0.05, 0) is 17.3 Å². The Balaban J connectivity index is 3.96. The van der Waals surface area contributed by atoms with Crippen molar-refractivity contribution in [3.05, 3.63) is 0 Å². The van der Waals surface area contributed by atoms with Crippen LogP contribution in [0, 0.1) is 10.8 Å². The minimum atomic E-state index is -0.433. The van der Waals surface area contributed by atoms with Crippen LogP contribution in [0.5, 0.6) is 0 Å². The third-order valence-electron chi connectivity index (χ3n) is 2.39. The van der Waals surface area contributed by atoms with Crippen molar-refractivity contribution in [1.29, 1.82) is 0 Å². The summed E-state index contributed by atoms with van der Waals surface area (Å²) in [6, 6.07) is -0.433. The fraction of sp³-hybridized carbons (Fsp3) is 0.917. The van der Waals surface area contributed by atoms with Gasteiger partial charge in [-0.2, -0.15) is 0 Å². The van der Waals surface area contributed by atoms with Crippen LogP contribution in [0.25, 0.3) is 0 Å². The van der Waals surface area contributed by atoms with E-state index in [1.807, 2.05) is 20.8 Å². The second-order valence-electron chi connectivity index (χ2n) is 6.45. The van der Waals surface area contributed by atoms with Crippen LogP contribution >= 0.6 is 0 Å². The second-order valence-corrected chi connectivity index (χ2v) is 6.45. The summed E-state index contributed by atoms with van der Waals surface area (Å²) in [4.78, 5) is 11.6. The van der Waals surface area contributed by atoms with Crippen molar-refractivity contribution in [3.8, 4) is 0 Å². The first-order valence-electron chi connectivity index (χ1n) is 5.57. The maximum Gasteiger partial charge on any atom is 0.237 e. The molecular weight excluding hydrogens is 188 g/mol. The highest BCUT2D eigenvalue weighted by Crippen LogP contribution is 2.19. The van der Waals surface area contributed by atoms with Crippen molar-refractivity contribution >= 4 is 5.91 Å². The van der Waals surface area contributed by atoms with E-state index in [0.29, 0.717) is 6.54 Å². The zero-order valence-corrected chi connectivity index (χ0v) is 11.0. The fourth-order valence-electron chi connectivity index (χ4n) is 1.06. The Morgan fingerprint density at radius 1 is 1.20 bits per heavy atom. The first-order chi connectivity index (χ1) is 6.54. The van der Waals surface area contributed by atoms with Crippen LogP contribution in [-0.2, 0) is 4.79 Å². The monoisotopic (exact) mass is 214 g/mol. The van der Waals surface area contributed by atoms with Crippen molar-refractivity contribution in [2.45, 2.75) is 54.0 Å². The lowest BCUT2D eigenvalue weighted by Gasteiger charge is -2.26. The van der Waals surface area contributed by atoms with Crippen LogP contribution in [0.4, 0.5) is 0 Å². The molecule has 15 heavy (non-hydrogen) atoms. The molecule has 0 unspecified atom stereocenters. The van der Waals surface area contributed by atoms with Gasteiger partial charge >= 0.3 is 0 Å². The molecule has 0 saturated heterocycles. The molecule has 0 radical (unpaired) electrons. The number of hydrogen-bond acceptors (Lipinski definition) is 2. The van der Waals surface area contributed by atoms with E-state index in [1.54, 1.807) is 0 Å². The molecule has 0 aliphatic rings. The largest absolute Gasteiger partial charge is 0.355 e. The molecule has 0 aliphatic heterocycles. The number of carbonyl (C=O) groups excluding carboxylic acids is 1. The number of rotatable bonds is 3. The molecule has 1 amide bonds. The summed E-state index contributed by atoms with van der Waals surface area (Å²) in [6.07, 6.45) is 0.968. The van der Waals surface area contributed by atoms with Gasteiger partial charge < -0.3 is 11.1 Å². The highest BCUT2D eigenvalue weighted by molar-refractivity contribution is 5.82. The standard InChI is InChI=1S/C12H26N2O/c1-11(2,3)7-8-14-10(15)9(13)12(4,5)6/h9H,7-8,13H2,1-6H3,(H,14,15)/t9-/m1/s1. The average Bonchev–Trinajstić information content (AvgIpc) is 1.98. The SMILES string of the molecule is CC(C)(C)CCNC(=O)[C@@H](N)C(C)(C)C. The van der Waals surface area contributed by atoms with Crippen LogP contribution in [0.15, 0.2) is 0 Å². The molecule has 0 fully saturated rings. The van der Waals surface area contributed by atoms with Crippen LogP contribution < -0.4 is 11.1 Å². The Morgan fingerprint density at radius 2 is 1.67 bits per heavy atom. The normalized spacial score (nSPS) is 14.9. The minimum Gasteiger partial charge on any atom is -0.355 e. The van der Waals surface area contributed by atoms with Gasteiger partial charge in [-0.1, -0.05) is 41.5 Å². The third kappa shape index (κ3) is 6.50. The molecule has 3 N–H and O–H groups in total. The maximum atomic E-state index is 11.6. The topological polar surface area (TPSA) is 55.1 Å². The van der Waals surface area contributed by atoms with Gasteiger partial charge in [-0.15, -0.1) is 0 Å². The molecule has 0 bridgehead atoms. The Morgan fingerprint density at radius 3 is 2.00 bits per heavy atom. The molecule has 0 aromatic rings. The lowest BCUT2D eigenvalue weighted by molar-refractivity contribution is -0.124. The molecule has 0 aromatic heterocycles. The first kappa shape index (κ1) is 14.4. The molecule has 1 atom stereocenters. The van der Waals surface area contributed by atoms with Crippen molar-refractivity contribution in [3.63, 3.8) is 0 Å². The molecule has 0 heterocycles. The van der Waals surface area contributed by atoms with Gasteiger partial charge in [0.2, 0.25) is 5.91 Å². The Labute approximate surface area is 93.8 Å². The summed E-state index contributed by atoms with van der Waals surface area (Å²) in [6.45, 7) is 13.1. The van der Waals surface area contributed by atoms with Crippen molar-refractivity contribution in [2.75, 3.05) is 6.54 Å². The highest BCUT2D eigenvalue weighted by atomic mass is 16.2. The quantitative estimate of drug-likeness (QED) is 0.754. The van der Waals surface area contributed by atoms with E-state index in [1.165, 1.54) is 0 Å². The van der Waals surface area contributed by atoms with E-state index >= 15 is 0 Å². The molecule has 0 saturated carbocycles. The van der Waals surface area contributed by atoms with Crippen molar-refractivity contribution in [1.82, 2.24) is 5.32 Å². The van der Waals surface area contributed by atoms with E-state index in [2.05, 4.69) is 26.1 Å². The molecule has 0 aliphatic carbocycles. The average molecular weight is 214 g/mol. The molecule has 0 rings (SSSR count). The smallest absolute Gasteiger partial charge is 0.237 e. The maximum absolute atomic E-state index is 11.6.